The highest BCUT2D eigenvalue weighted by Crippen LogP contribution is 2.30. The van der Waals surface area contributed by atoms with Gasteiger partial charge in [-0.1, -0.05) is 26.0 Å². The van der Waals surface area contributed by atoms with Crippen LogP contribution in [0.5, 0.6) is 0 Å². The Balaban J connectivity index is 2.23. The minimum absolute atomic E-state index is 0.179. The van der Waals surface area contributed by atoms with Crippen molar-refractivity contribution >= 4 is 16.9 Å². The largest absolute Gasteiger partial charge is 0.383 e. The molecule has 0 saturated heterocycles. The summed E-state index contributed by atoms with van der Waals surface area (Å²) in [5.74, 6) is 1.25. The van der Waals surface area contributed by atoms with E-state index >= 15 is 0 Å². The lowest BCUT2D eigenvalue weighted by atomic mass is 10.1. The smallest absolute Gasteiger partial charge is 0.187 e. The van der Waals surface area contributed by atoms with Crippen LogP contribution in [0.25, 0.3) is 22.3 Å². The Morgan fingerprint density at radius 3 is 2.81 bits per heavy atom. The summed E-state index contributed by atoms with van der Waals surface area (Å²) in [4.78, 5) is 8.77. The van der Waals surface area contributed by atoms with E-state index in [0.29, 0.717) is 28.2 Å². The summed E-state index contributed by atoms with van der Waals surface area (Å²) < 4.78 is 0. The molecule has 0 aliphatic carbocycles. The van der Waals surface area contributed by atoms with Crippen LogP contribution < -0.4 is 5.73 Å². The van der Waals surface area contributed by atoms with Gasteiger partial charge in [-0.05, 0) is 12.1 Å². The van der Waals surface area contributed by atoms with Crippen molar-refractivity contribution in [3.8, 4) is 17.3 Å². The number of nitriles is 1. The van der Waals surface area contributed by atoms with E-state index in [4.69, 9.17) is 11.0 Å². The van der Waals surface area contributed by atoms with E-state index < -0.39 is 0 Å². The first-order chi connectivity index (χ1) is 10.1. The number of anilines is 1. The van der Waals surface area contributed by atoms with Gasteiger partial charge in [-0.2, -0.15) is 10.4 Å². The number of nitrogens with two attached hydrogens (primary N) is 1. The molecule has 104 valence electrons. The lowest BCUT2D eigenvalue weighted by Crippen LogP contribution is -2.02. The fourth-order valence-electron chi connectivity index (χ4n) is 2.18. The Labute approximate surface area is 121 Å². The van der Waals surface area contributed by atoms with E-state index in [1.54, 1.807) is 12.1 Å². The third kappa shape index (κ3) is 2.19. The second-order valence-corrected chi connectivity index (χ2v) is 5.11. The molecule has 3 aromatic rings. The first-order valence-electron chi connectivity index (χ1n) is 6.62. The standard InChI is InChI=1S/C15H14N6/c1-8(2)14-18-13(17)11-12(20-21-15(11)19-14)10-5-3-4-9(6-10)7-16/h3-6,8H,1-2H3,(H3,17,18,19,20,21). The van der Waals surface area contributed by atoms with Gasteiger partial charge in [0.1, 0.15) is 11.6 Å². The molecule has 0 aliphatic heterocycles. The number of hydrogen-bond donors (Lipinski definition) is 2. The number of H-pyrrole nitrogens is 1. The van der Waals surface area contributed by atoms with Crippen LogP contribution in [0.2, 0.25) is 0 Å². The third-order valence-electron chi connectivity index (χ3n) is 3.26. The number of aromatic amines is 1. The molecule has 2 heterocycles. The summed E-state index contributed by atoms with van der Waals surface area (Å²) in [5, 5.41) is 16.9. The van der Waals surface area contributed by atoms with Crippen LogP contribution in [-0.2, 0) is 0 Å². The molecule has 1 aromatic carbocycles. The second-order valence-electron chi connectivity index (χ2n) is 5.11. The number of benzene rings is 1. The van der Waals surface area contributed by atoms with Crippen molar-refractivity contribution in [1.29, 1.82) is 5.26 Å². The highest BCUT2D eigenvalue weighted by Gasteiger charge is 2.16. The lowest BCUT2D eigenvalue weighted by Gasteiger charge is -2.05. The van der Waals surface area contributed by atoms with Gasteiger partial charge in [0.25, 0.3) is 0 Å². The molecule has 6 nitrogen and oxygen atoms in total. The van der Waals surface area contributed by atoms with Crippen molar-refractivity contribution in [3.05, 3.63) is 35.7 Å². The molecule has 3 rings (SSSR count). The van der Waals surface area contributed by atoms with E-state index in [-0.39, 0.29) is 5.92 Å². The Hall–Kier alpha value is -2.94. The molecular formula is C15H14N6. The molecule has 21 heavy (non-hydrogen) atoms. The molecule has 2 aromatic heterocycles. The highest BCUT2D eigenvalue weighted by atomic mass is 15.2. The summed E-state index contributed by atoms with van der Waals surface area (Å²) in [5.41, 5.74) is 8.76. The van der Waals surface area contributed by atoms with Gasteiger partial charge in [-0.25, -0.2) is 9.97 Å². The predicted octanol–water partition coefficient (Wildman–Crippen LogP) is 2.60. The molecule has 0 spiro atoms. The Bertz CT molecular complexity index is 856. The third-order valence-corrected chi connectivity index (χ3v) is 3.26. The van der Waals surface area contributed by atoms with Gasteiger partial charge in [0, 0.05) is 11.5 Å². The van der Waals surface area contributed by atoms with Crippen LogP contribution in [-0.4, -0.2) is 20.2 Å². The number of aromatic nitrogens is 4. The van der Waals surface area contributed by atoms with Gasteiger partial charge in [0.2, 0.25) is 0 Å². The average molecular weight is 278 g/mol. The average Bonchev–Trinajstić information content (AvgIpc) is 2.91. The highest BCUT2D eigenvalue weighted by molar-refractivity contribution is 5.98. The Morgan fingerprint density at radius 1 is 1.29 bits per heavy atom. The van der Waals surface area contributed by atoms with Crippen LogP contribution in [0, 0.1) is 11.3 Å². The zero-order valence-electron chi connectivity index (χ0n) is 11.8. The molecule has 0 fully saturated rings. The SMILES string of the molecule is CC(C)c1nc(N)c2c(-c3cccc(C#N)c3)[nH]nc2n1. The Morgan fingerprint density at radius 2 is 2.10 bits per heavy atom. The van der Waals surface area contributed by atoms with Crippen LogP contribution in [0.4, 0.5) is 5.82 Å². The minimum atomic E-state index is 0.179. The monoisotopic (exact) mass is 278 g/mol. The van der Waals surface area contributed by atoms with Gasteiger partial charge in [-0.15, -0.1) is 0 Å². The van der Waals surface area contributed by atoms with Crippen LogP contribution >= 0.6 is 0 Å². The number of fused-ring (bicyclic) bond motifs is 1. The van der Waals surface area contributed by atoms with E-state index in [1.165, 1.54) is 0 Å². The summed E-state index contributed by atoms with van der Waals surface area (Å²) in [6, 6.07) is 9.36. The van der Waals surface area contributed by atoms with Crippen molar-refractivity contribution < 1.29 is 0 Å². The normalized spacial score (nSPS) is 11.0. The molecule has 3 N–H and O–H groups in total. The van der Waals surface area contributed by atoms with Gasteiger partial charge in [-0.3, -0.25) is 5.10 Å². The number of nitrogens with zero attached hydrogens (tertiary/aromatic N) is 4. The van der Waals surface area contributed by atoms with E-state index in [1.807, 2.05) is 26.0 Å². The minimum Gasteiger partial charge on any atom is -0.383 e. The summed E-state index contributed by atoms with van der Waals surface area (Å²) in [6.45, 7) is 4.01. The molecule has 6 heteroatoms. The molecule has 0 saturated carbocycles. The first kappa shape index (κ1) is 13.1. The Kier molecular flexibility index (Phi) is 3.03. The van der Waals surface area contributed by atoms with E-state index in [0.717, 1.165) is 11.3 Å². The van der Waals surface area contributed by atoms with Crippen LogP contribution in [0.1, 0.15) is 31.2 Å². The quantitative estimate of drug-likeness (QED) is 0.749. The van der Waals surface area contributed by atoms with Crippen molar-refractivity contribution in [2.75, 3.05) is 5.73 Å². The lowest BCUT2D eigenvalue weighted by molar-refractivity contribution is 0.783. The maximum atomic E-state index is 9.00. The number of nitrogen functional groups attached to an aromatic ring is 1. The number of rotatable bonds is 2. The molecule has 0 bridgehead atoms. The second kappa shape index (κ2) is 4.87. The van der Waals surface area contributed by atoms with Gasteiger partial charge >= 0.3 is 0 Å². The zero-order chi connectivity index (χ0) is 15.0. The van der Waals surface area contributed by atoms with Gasteiger partial charge in [0.15, 0.2) is 5.65 Å². The number of hydrogen-bond acceptors (Lipinski definition) is 5. The predicted molar refractivity (Wildman–Crippen MR) is 80.3 cm³/mol. The maximum Gasteiger partial charge on any atom is 0.187 e. The molecule has 0 unspecified atom stereocenters. The van der Waals surface area contributed by atoms with Crippen molar-refractivity contribution in [2.45, 2.75) is 19.8 Å². The zero-order valence-corrected chi connectivity index (χ0v) is 11.8. The number of nitrogens with one attached hydrogen (secondary N) is 1. The fraction of sp³-hybridized carbons (Fsp3) is 0.200. The molecule has 0 radical (unpaired) electrons. The van der Waals surface area contributed by atoms with Crippen molar-refractivity contribution in [1.82, 2.24) is 20.2 Å². The summed E-state index contributed by atoms with van der Waals surface area (Å²) in [6.07, 6.45) is 0. The molecule has 0 aliphatic rings. The van der Waals surface area contributed by atoms with E-state index in [9.17, 15) is 0 Å². The van der Waals surface area contributed by atoms with Crippen LogP contribution in [0.15, 0.2) is 24.3 Å². The summed E-state index contributed by atoms with van der Waals surface area (Å²) >= 11 is 0. The molecular weight excluding hydrogens is 264 g/mol. The summed E-state index contributed by atoms with van der Waals surface area (Å²) in [7, 11) is 0. The van der Waals surface area contributed by atoms with Crippen molar-refractivity contribution in [3.63, 3.8) is 0 Å². The molecule has 0 atom stereocenters. The fourth-order valence-corrected chi connectivity index (χ4v) is 2.18. The van der Waals surface area contributed by atoms with E-state index in [2.05, 4.69) is 26.2 Å². The van der Waals surface area contributed by atoms with Crippen LogP contribution in [0.3, 0.4) is 0 Å². The topological polar surface area (TPSA) is 104 Å². The molecule has 0 amide bonds. The van der Waals surface area contributed by atoms with Gasteiger partial charge in [0.05, 0.1) is 22.7 Å². The van der Waals surface area contributed by atoms with Gasteiger partial charge < -0.3 is 5.73 Å². The maximum absolute atomic E-state index is 9.00. The van der Waals surface area contributed by atoms with Crippen molar-refractivity contribution in [2.24, 2.45) is 0 Å². The first-order valence-corrected chi connectivity index (χ1v) is 6.62.